The molecule has 1 fully saturated rings. The summed E-state index contributed by atoms with van der Waals surface area (Å²) < 4.78 is 23.9. The molecule has 132 valence electrons. The molecule has 1 aliphatic rings. The average molecular weight is 346 g/mol. The first-order valence-corrected chi connectivity index (χ1v) is 8.08. The number of amides is 1. The third-order valence-corrected chi connectivity index (χ3v) is 4.45. The standard InChI is InChI=1S/C18H19FN2O4/c1-11-17(25-10-20-11)18(23)21-7-3-4-12(9-21)16(22)14-8-13(19)5-6-15(14)24-2/h5-6,8,10,12H,3-4,7,9H2,1-2H3/t12-/m0/s1. The summed E-state index contributed by atoms with van der Waals surface area (Å²) in [6.07, 6.45) is 2.55. The van der Waals surface area contributed by atoms with Gasteiger partial charge < -0.3 is 14.1 Å². The normalized spacial score (nSPS) is 17.4. The summed E-state index contributed by atoms with van der Waals surface area (Å²) in [5.74, 6) is -0.874. The summed E-state index contributed by atoms with van der Waals surface area (Å²) in [7, 11) is 1.44. The number of ether oxygens (including phenoxy) is 1. The Balaban J connectivity index is 1.80. The quantitative estimate of drug-likeness (QED) is 0.796. The lowest BCUT2D eigenvalue weighted by Gasteiger charge is -2.31. The van der Waals surface area contributed by atoms with Crippen LogP contribution in [-0.4, -0.2) is 41.8 Å². The van der Waals surface area contributed by atoms with Crippen molar-refractivity contribution >= 4 is 11.7 Å². The summed E-state index contributed by atoms with van der Waals surface area (Å²) in [5, 5.41) is 0. The van der Waals surface area contributed by atoms with Gasteiger partial charge in [0.2, 0.25) is 5.76 Å². The van der Waals surface area contributed by atoms with Crippen LogP contribution in [0.5, 0.6) is 5.75 Å². The lowest BCUT2D eigenvalue weighted by atomic mass is 9.89. The molecule has 1 aromatic carbocycles. The topological polar surface area (TPSA) is 72.6 Å². The number of hydrogen-bond donors (Lipinski definition) is 0. The van der Waals surface area contributed by atoms with Gasteiger partial charge in [0.1, 0.15) is 11.6 Å². The van der Waals surface area contributed by atoms with Crippen molar-refractivity contribution in [1.29, 1.82) is 0 Å². The fourth-order valence-corrected chi connectivity index (χ4v) is 3.12. The molecule has 0 aliphatic carbocycles. The number of benzene rings is 1. The minimum atomic E-state index is -0.495. The summed E-state index contributed by atoms with van der Waals surface area (Å²) in [5.41, 5.74) is 0.725. The second kappa shape index (κ2) is 7.04. The van der Waals surface area contributed by atoms with Crippen LogP contribution >= 0.6 is 0 Å². The number of hydrogen-bond acceptors (Lipinski definition) is 5. The number of aromatic nitrogens is 1. The summed E-state index contributed by atoms with van der Waals surface area (Å²) in [4.78, 5) is 30.9. The number of oxazole rings is 1. The molecule has 1 aliphatic heterocycles. The Kier molecular flexibility index (Phi) is 4.83. The van der Waals surface area contributed by atoms with E-state index in [9.17, 15) is 14.0 Å². The van der Waals surface area contributed by atoms with Gasteiger partial charge in [-0.3, -0.25) is 9.59 Å². The number of piperidine rings is 1. The van der Waals surface area contributed by atoms with Crippen molar-refractivity contribution in [1.82, 2.24) is 9.88 Å². The summed E-state index contributed by atoms with van der Waals surface area (Å²) >= 11 is 0. The van der Waals surface area contributed by atoms with E-state index in [1.807, 2.05) is 0 Å². The van der Waals surface area contributed by atoms with Crippen LogP contribution in [0.4, 0.5) is 4.39 Å². The minimum absolute atomic E-state index is 0.191. The first-order chi connectivity index (χ1) is 12.0. The number of nitrogens with zero attached hydrogens (tertiary/aromatic N) is 2. The van der Waals surface area contributed by atoms with Gasteiger partial charge in [-0.1, -0.05) is 0 Å². The van der Waals surface area contributed by atoms with E-state index < -0.39 is 11.7 Å². The predicted molar refractivity (Wildman–Crippen MR) is 87.2 cm³/mol. The van der Waals surface area contributed by atoms with Gasteiger partial charge in [0.25, 0.3) is 5.91 Å². The molecule has 1 atom stereocenters. The van der Waals surface area contributed by atoms with Crippen LogP contribution in [0.3, 0.4) is 0 Å². The van der Waals surface area contributed by atoms with Crippen LogP contribution in [0.15, 0.2) is 29.0 Å². The zero-order valence-electron chi connectivity index (χ0n) is 14.1. The molecule has 0 bridgehead atoms. The van der Waals surface area contributed by atoms with Crippen LogP contribution in [0.25, 0.3) is 0 Å². The fraction of sp³-hybridized carbons (Fsp3) is 0.389. The monoisotopic (exact) mass is 346 g/mol. The van der Waals surface area contributed by atoms with Gasteiger partial charge in [-0.2, -0.15) is 0 Å². The summed E-state index contributed by atoms with van der Waals surface area (Å²) in [6.45, 7) is 2.50. The highest BCUT2D eigenvalue weighted by molar-refractivity contribution is 6.01. The van der Waals surface area contributed by atoms with Crippen molar-refractivity contribution in [3.8, 4) is 5.75 Å². The molecule has 25 heavy (non-hydrogen) atoms. The Morgan fingerprint density at radius 1 is 1.40 bits per heavy atom. The van der Waals surface area contributed by atoms with Gasteiger partial charge in [0.15, 0.2) is 12.2 Å². The average Bonchev–Trinajstić information content (AvgIpc) is 3.06. The maximum absolute atomic E-state index is 13.6. The highest BCUT2D eigenvalue weighted by Crippen LogP contribution is 2.27. The molecule has 1 amide bonds. The van der Waals surface area contributed by atoms with Crippen molar-refractivity contribution in [2.75, 3.05) is 20.2 Å². The molecule has 1 aromatic heterocycles. The van der Waals surface area contributed by atoms with Crippen LogP contribution in [0.2, 0.25) is 0 Å². The van der Waals surface area contributed by atoms with Crippen LogP contribution in [0, 0.1) is 18.7 Å². The number of halogens is 1. The van der Waals surface area contributed by atoms with E-state index in [2.05, 4.69) is 4.98 Å². The molecule has 0 saturated carbocycles. The molecule has 0 unspecified atom stereocenters. The van der Waals surface area contributed by atoms with E-state index in [0.29, 0.717) is 30.8 Å². The largest absolute Gasteiger partial charge is 0.496 e. The molecule has 1 saturated heterocycles. The number of carbonyl (C=O) groups excluding carboxylic acids is 2. The third kappa shape index (κ3) is 3.40. The lowest BCUT2D eigenvalue weighted by molar-refractivity contribution is 0.0609. The van der Waals surface area contributed by atoms with Crippen LogP contribution in [-0.2, 0) is 0 Å². The number of aryl methyl sites for hydroxylation is 1. The highest BCUT2D eigenvalue weighted by atomic mass is 19.1. The molecule has 2 aromatic rings. The van der Waals surface area contributed by atoms with Crippen LogP contribution in [0.1, 0.15) is 39.4 Å². The molecule has 3 rings (SSSR count). The summed E-state index contributed by atoms with van der Waals surface area (Å²) in [6, 6.07) is 3.87. The predicted octanol–water partition coefficient (Wildman–Crippen LogP) is 2.87. The molecule has 6 nitrogen and oxygen atoms in total. The Morgan fingerprint density at radius 2 is 2.20 bits per heavy atom. The maximum atomic E-state index is 13.6. The Hall–Kier alpha value is -2.70. The van der Waals surface area contributed by atoms with Crippen LogP contribution < -0.4 is 4.74 Å². The van der Waals surface area contributed by atoms with E-state index >= 15 is 0 Å². The Bertz CT molecular complexity index is 802. The number of likely N-dealkylation sites (tertiary alicyclic amines) is 1. The van der Waals surface area contributed by atoms with Crippen molar-refractivity contribution < 1.29 is 23.1 Å². The van der Waals surface area contributed by atoms with E-state index in [1.165, 1.54) is 31.7 Å². The third-order valence-electron chi connectivity index (χ3n) is 4.45. The Labute approximate surface area is 144 Å². The molecular weight excluding hydrogens is 327 g/mol. The number of rotatable bonds is 4. The fourth-order valence-electron chi connectivity index (χ4n) is 3.12. The molecular formula is C18H19FN2O4. The smallest absolute Gasteiger partial charge is 0.291 e. The van der Waals surface area contributed by atoms with E-state index in [0.717, 1.165) is 0 Å². The maximum Gasteiger partial charge on any atom is 0.291 e. The molecule has 0 radical (unpaired) electrons. The molecule has 2 heterocycles. The van der Waals surface area contributed by atoms with E-state index in [-0.39, 0.29) is 29.6 Å². The lowest BCUT2D eigenvalue weighted by Crippen LogP contribution is -2.42. The second-order valence-corrected chi connectivity index (χ2v) is 6.07. The van der Waals surface area contributed by atoms with Gasteiger partial charge in [-0.25, -0.2) is 9.37 Å². The number of methoxy groups -OCH3 is 1. The zero-order chi connectivity index (χ0) is 18.0. The first kappa shape index (κ1) is 17.1. The number of Topliss-reactive ketones (excluding diaryl/α,β-unsaturated/α-hetero) is 1. The highest BCUT2D eigenvalue weighted by Gasteiger charge is 2.32. The van der Waals surface area contributed by atoms with E-state index in [4.69, 9.17) is 9.15 Å². The van der Waals surface area contributed by atoms with Crippen molar-refractivity contribution in [3.63, 3.8) is 0 Å². The molecule has 7 heteroatoms. The number of ketones is 1. The van der Waals surface area contributed by atoms with Crippen molar-refractivity contribution in [2.24, 2.45) is 5.92 Å². The van der Waals surface area contributed by atoms with Gasteiger partial charge in [0.05, 0.1) is 18.4 Å². The van der Waals surface area contributed by atoms with Crippen molar-refractivity contribution in [2.45, 2.75) is 19.8 Å². The minimum Gasteiger partial charge on any atom is -0.496 e. The van der Waals surface area contributed by atoms with Gasteiger partial charge in [0, 0.05) is 19.0 Å². The zero-order valence-corrected chi connectivity index (χ0v) is 14.1. The molecule has 0 spiro atoms. The van der Waals surface area contributed by atoms with Crippen molar-refractivity contribution in [3.05, 3.63) is 47.4 Å². The van der Waals surface area contributed by atoms with Gasteiger partial charge >= 0.3 is 0 Å². The first-order valence-electron chi connectivity index (χ1n) is 8.08. The van der Waals surface area contributed by atoms with Gasteiger partial charge in [-0.05, 0) is 38.0 Å². The van der Waals surface area contributed by atoms with E-state index in [1.54, 1.807) is 11.8 Å². The second-order valence-electron chi connectivity index (χ2n) is 6.07. The molecule has 0 N–H and O–H groups in total. The Morgan fingerprint density at radius 3 is 2.88 bits per heavy atom. The van der Waals surface area contributed by atoms with Gasteiger partial charge in [-0.15, -0.1) is 0 Å². The number of carbonyl (C=O) groups is 2. The SMILES string of the molecule is COc1ccc(F)cc1C(=O)[C@H]1CCCN(C(=O)c2ocnc2C)C1.